The van der Waals surface area contributed by atoms with Gasteiger partial charge in [-0.1, -0.05) is 38.7 Å². The van der Waals surface area contributed by atoms with Gasteiger partial charge in [-0.2, -0.15) is 4.31 Å². The lowest BCUT2D eigenvalue weighted by Crippen LogP contribution is -2.50. The lowest BCUT2D eigenvalue weighted by Gasteiger charge is -2.37. The van der Waals surface area contributed by atoms with Crippen molar-refractivity contribution in [3.8, 4) is 17.6 Å². The molecule has 1 heterocycles. The van der Waals surface area contributed by atoms with E-state index in [0.717, 1.165) is 0 Å². The zero-order chi connectivity index (χ0) is 27.3. The smallest absolute Gasteiger partial charge is 0.253 e. The van der Waals surface area contributed by atoms with Crippen LogP contribution in [0.25, 0.3) is 0 Å². The molecule has 0 saturated heterocycles. The maximum absolute atomic E-state index is 13.7. The van der Waals surface area contributed by atoms with Crippen molar-refractivity contribution < 1.29 is 27.4 Å². The van der Waals surface area contributed by atoms with E-state index in [1.165, 1.54) is 33.5 Å². The number of hydrogen-bond donors (Lipinski definition) is 1. The number of aliphatic hydroxyl groups excluding tert-OH is 1. The van der Waals surface area contributed by atoms with Crippen LogP contribution in [0.15, 0.2) is 47.4 Å². The molecule has 1 aliphatic rings. The molecule has 1 aliphatic heterocycles. The molecule has 7 nitrogen and oxygen atoms in total. The third kappa shape index (κ3) is 6.89. The first-order valence-corrected chi connectivity index (χ1v) is 13.8. The lowest BCUT2D eigenvalue weighted by molar-refractivity contribution is 0.0563. The summed E-state index contributed by atoms with van der Waals surface area (Å²) >= 11 is 0. The van der Waals surface area contributed by atoms with Gasteiger partial charge in [-0.25, -0.2) is 12.8 Å². The average Bonchev–Trinajstić information content (AvgIpc) is 2.84. The second-order valence-electron chi connectivity index (χ2n) is 10.00. The fourth-order valence-electron chi connectivity index (χ4n) is 4.07. The standard InChI is InChI=1S/C28H35FN2O5S/c1-19(2)8-6-9-22-12-13-27-25(14-22)36-26(20(3)16-31(21(4)18-32)37(27,34)35)17-30(5)28(33)23-10-7-11-24(29)15-23/h7,10-15,19-21,26,32H,8,16-18H2,1-5H3/t20-,21-,26-/m0/s1. The number of likely N-dealkylation sites (N-methyl/N-ethyl adjacent to an activating group) is 1. The number of sulfonamides is 1. The molecule has 0 unspecified atom stereocenters. The third-order valence-electron chi connectivity index (χ3n) is 6.28. The van der Waals surface area contributed by atoms with E-state index in [2.05, 4.69) is 25.7 Å². The Kier molecular flexibility index (Phi) is 9.35. The first-order valence-electron chi connectivity index (χ1n) is 12.4. The summed E-state index contributed by atoms with van der Waals surface area (Å²) in [5.41, 5.74) is 0.828. The molecule has 0 saturated carbocycles. The van der Waals surface area contributed by atoms with Gasteiger partial charge in [0.15, 0.2) is 0 Å². The molecule has 3 atom stereocenters. The van der Waals surface area contributed by atoms with Crippen molar-refractivity contribution in [1.82, 2.24) is 9.21 Å². The van der Waals surface area contributed by atoms with Gasteiger partial charge in [0.1, 0.15) is 22.6 Å². The molecule has 37 heavy (non-hydrogen) atoms. The van der Waals surface area contributed by atoms with Crippen LogP contribution in [0, 0.1) is 29.5 Å². The van der Waals surface area contributed by atoms with Crippen LogP contribution in [0.4, 0.5) is 4.39 Å². The molecule has 3 rings (SSSR count). The summed E-state index contributed by atoms with van der Waals surface area (Å²) in [6, 6.07) is 9.55. The van der Waals surface area contributed by atoms with Crippen molar-refractivity contribution >= 4 is 15.9 Å². The van der Waals surface area contributed by atoms with Crippen molar-refractivity contribution in [2.45, 2.75) is 51.2 Å². The largest absolute Gasteiger partial charge is 0.487 e. The molecule has 0 aromatic heterocycles. The minimum absolute atomic E-state index is 0.0155. The number of nitrogens with zero attached hydrogens (tertiary/aromatic N) is 2. The highest BCUT2D eigenvalue weighted by molar-refractivity contribution is 7.89. The second-order valence-corrected chi connectivity index (χ2v) is 11.9. The van der Waals surface area contributed by atoms with Gasteiger partial charge in [-0.05, 0) is 49.2 Å². The number of amides is 1. The minimum atomic E-state index is -3.98. The third-order valence-corrected chi connectivity index (χ3v) is 8.30. The number of fused-ring (bicyclic) bond motifs is 1. The van der Waals surface area contributed by atoms with Crippen LogP contribution in [0.1, 0.15) is 50.0 Å². The maximum Gasteiger partial charge on any atom is 0.253 e. The van der Waals surface area contributed by atoms with Crippen LogP contribution < -0.4 is 4.74 Å². The van der Waals surface area contributed by atoms with Crippen molar-refractivity contribution in [2.75, 3.05) is 26.7 Å². The molecule has 1 N–H and O–H groups in total. The highest BCUT2D eigenvalue weighted by Gasteiger charge is 2.38. The van der Waals surface area contributed by atoms with Gasteiger partial charge < -0.3 is 14.7 Å². The maximum atomic E-state index is 13.7. The van der Waals surface area contributed by atoms with E-state index in [-0.39, 0.29) is 47.7 Å². The summed E-state index contributed by atoms with van der Waals surface area (Å²) in [5, 5.41) is 9.80. The Morgan fingerprint density at radius 3 is 2.62 bits per heavy atom. The van der Waals surface area contributed by atoms with E-state index in [0.29, 0.717) is 17.9 Å². The number of carbonyl (C=O) groups excluding carboxylic acids is 1. The molecular formula is C28H35FN2O5S. The molecule has 0 radical (unpaired) electrons. The monoisotopic (exact) mass is 530 g/mol. The van der Waals surface area contributed by atoms with E-state index in [9.17, 15) is 22.7 Å². The van der Waals surface area contributed by atoms with Crippen molar-refractivity contribution in [3.63, 3.8) is 0 Å². The van der Waals surface area contributed by atoms with Gasteiger partial charge in [0.2, 0.25) is 10.0 Å². The summed E-state index contributed by atoms with van der Waals surface area (Å²) in [6.45, 7) is 7.50. The molecule has 0 spiro atoms. The average molecular weight is 531 g/mol. The summed E-state index contributed by atoms with van der Waals surface area (Å²) < 4.78 is 48.4. The highest BCUT2D eigenvalue weighted by Crippen LogP contribution is 2.34. The zero-order valence-electron chi connectivity index (χ0n) is 21.9. The van der Waals surface area contributed by atoms with Crippen LogP contribution in [0.5, 0.6) is 5.75 Å². The van der Waals surface area contributed by atoms with Gasteiger partial charge in [0, 0.05) is 43.1 Å². The van der Waals surface area contributed by atoms with Gasteiger partial charge >= 0.3 is 0 Å². The fourth-order valence-corrected chi connectivity index (χ4v) is 5.90. The SMILES string of the molecule is CC(C)CC#Cc1ccc2c(c1)O[C@@H](CN(C)C(=O)c1cccc(F)c1)[C@@H](C)CN([C@@H](C)CO)S2(=O)=O. The fraction of sp³-hybridized carbons (Fsp3) is 0.464. The summed E-state index contributed by atoms with van der Waals surface area (Å²) in [4.78, 5) is 14.4. The number of carbonyl (C=O) groups is 1. The number of benzene rings is 2. The summed E-state index contributed by atoms with van der Waals surface area (Å²) in [5.74, 6) is 5.50. The summed E-state index contributed by atoms with van der Waals surface area (Å²) in [6.07, 6.45) is 0.119. The summed E-state index contributed by atoms with van der Waals surface area (Å²) in [7, 11) is -2.38. The first-order chi connectivity index (χ1) is 17.4. The molecule has 9 heteroatoms. The van der Waals surface area contributed by atoms with Crippen molar-refractivity contribution in [1.29, 1.82) is 0 Å². The first kappa shape index (κ1) is 28.6. The Balaban J connectivity index is 2.00. The number of hydrogen-bond acceptors (Lipinski definition) is 5. The Bertz CT molecular complexity index is 1280. The van der Waals surface area contributed by atoms with E-state index in [1.807, 2.05) is 6.92 Å². The van der Waals surface area contributed by atoms with Crippen LogP contribution in [0.3, 0.4) is 0 Å². The van der Waals surface area contributed by atoms with Crippen LogP contribution in [-0.4, -0.2) is 67.5 Å². The van der Waals surface area contributed by atoms with E-state index in [4.69, 9.17) is 4.74 Å². The Morgan fingerprint density at radius 2 is 1.97 bits per heavy atom. The van der Waals surface area contributed by atoms with Gasteiger partial charge in [0.25, 0.3) is 5.91 Å². The molecule has 0 aliphatic carbocycles. The topological polar surface area (TPSA) is 87.2 Å². The molecule has 0 bridgehead atoms. The minimum Gasteiger partial charge on any atom is -0.487 e. The van der Waals surface area contributed by atoms with Gasteiger partial charge in [-0.3, -0.25) is 4.79 Å². The highest BCUT2D eigenvalue weighted by atomic mass is 32.2. The Hall–Kier alpha value is -2.93. The molecule has 1 amide bonds. The van der Waals surface area contributed by atoms with Crippen molar-refractivity contribution in [2.24, 2.45) is 11.8 Å². The van der Waals surface area contributed by atoms with Gasteiger partial charge in [0.05, 0.1) is 13.2 Å². The molecule has 0 fully saturated rings. The number of halogens is 1. The Labute approximate surface area is 219 Å². The predicted molar refractivity (Wildman–Crippen MR) is 140 cm³/mol. The lowest BCUT2D eigenvalue weighted by atomic mass is 10.0. The van der Waals surface area contributed by atoms with Gasteiger partial charge in [-0.15, -0.1) is 0 Å². The van der Waals surface area contributed by atoms with E-state index < -0.39 is 28.0 Å². The zero-order valence-corrected chi connectivity index (χ0v) is 22.8. The normalized spacial score (nSPS) is 20.0. The number of aliphatic hydroxyl groups is 1. The second kappa shape index (κ2) is 12.1. The van der Waals surface area contributed by atoms with E-state index >= 15 is 0 Å². The van der Waals surface area contributed by atoms with Crippen LogP contribution in [-0.2, 0) is 10.0 Å². The van der Waals surface area contributed by atoms with Crippen LogP contribution >= 0.6 is 0 Å². The molecular weight excluding hydrogens is 495 g/mol. The quantitative estimate of drug-likeness (QED) is 0.575. The van der Waals surface area contributed by atoms with Crippen molar-refractivity contribution in [3.05, 3.63) is 59.4 Å². The molecule has 2 aromatic rings. The number of ether oxygens (including phenoxy) is 1. The van der Waals surface area contributed by atoms with E-state index in [1.54, 1.807) is 32.2 Å². The molecule has 200 valence electrons. The number of rotatable bonds is 6. The predicted octanol–water partition coefficient (Wildman–Crippen LogP) is 3.76. The Morgan fingerprint density at radius 1 is 1.24 bits per heavy atom. The van der Waals surface area contributed by atoms with Crippen LogP contribution in [0.2, 0.25) is 0 Å². The molecule has 2 aromatic carbocycles.